The first-order chi connectivity index (χ1) is 13.6. The number of fused-ring (bicyclic) bond motifs is 1. The lowest BCUT2D eigenvalue weighted by molar-refractivity contribution is -0.123. The third kappa shape index (κ3) is 4.11. The van der Waals surface area contributed by atoms with Crippen LogP contribution in [0.1, 0.15) is 18.5 Å². The molecule has 1 aromatic carbocycles. The number of carbonyl (C=O) groups excluding carboxylic acids is 1. The van der Waals surface area contributed by atoms with Crippen molar-refractivity contribution in [2.45, 2.75) is 13.0 Å². The van der Waals surface area contributed by atoms with Crippen LogP contribution in [-0.4, -0.2) is 53.5 Å². The summed E-state index contributed by atoms with van der Waals surface area (Å²) in [6.45, 7) is 5.68. The van der Waals surface area contributed by atoms with E-state index >= 15 is 0 Å². The van der Waals surface area contributed by atoms with E-state index in [1.165, 1.54) is 0 Å². The maximum absolute atomic E-state index is 12.5. The van der Waals surface area contributed by atoms with Crippen molar-refractivity contribution in [1.29, 1.82) is 0 Å². The number of amides is 1. The summed E-state index contributed by atoms with van der Waals surface area (Å²) in [4.78, 5) is 26.7. The van der Waals surface area contributed by atoms with Crippen LogP contribution in [-0.2, 0) is 4.79 Å². The van der Waals surface area contributed by atoms with Gasteiger partial charge in [-0.2, -0.15) is 0 Å². The number of nitrogens with zero attached hydrogens (tertiary/aromatic N) is 4. The first-order valence-corrected chi connectivity index (χ1v) is 10.6. The second-order valence-corrected chi connectivity index (χ2v) is 8.21. The largest absolute Gasteiger partial charge is 0.353 e. The number of rotatable bonds is 5. The first-order valence-electron chi connectivity index (χ1n) is 9.31. The minimum atomic E-state index is -0.115. The summed E-state index contributed by atoms with van der Waals surface area (Å²) in [5, 5.41) is 6.87. The Morgan fingerprint density at radius 2 is 2.00 bits per heavy atom. The fourth-order valence-corrected chi connectivity index (χ4v) is 4.57. The number of aromatic nitrogens is 2. The Hall–Kier alpha value is -2.22. The van der Waals surface area contributed by atoms with Crippen LogP contribution in [0, 0.1) is 0 Å². The maximum atomic E-state index is 12.5. The van der Waals surface area contributed by atoms with Gasteiger partial charge in [-0.25, -0.2) is 9.97 Å². The van der Waals surface area contributed by atoms with Gasteiger partial charge in [0.05, 0.1) is 18.0 Å². The molecule has 0 bridgehead atoms. The van der Waals surface area contributed by atoms with E-state index in [-0.39, 0.29) is 11.9 Å². The molecule has 1 atom stereocenters. The van der Waals surface area contributed by atoms with Crippen molar-refractivity contribution in [2.24, 2.45) is 0 Å². The van der Waals surface area contributed by atoms with Gasteiger partial charge in [-0.05, 0) is 30.0 Å². The van der Waals surface area contributed by atoms with Crippen molar-refractivity contribution in [3.05, 3.63) is 52.6 Å². The molecule has 1 aliphatic heterocycles. The van der Waals surface area contributed by atoms with Crippen molar-refractivity contribution >= 4 is 44.9 Å². The predicted molar refractivity (Wildman–Crippen MR) is 114 cm³/mol. The zero-order valence-electron chi connectivity index (χ0n) is 15.6. The van der Waals surface area contributed by atoms with Gasteiger partial charge in [0.15, 0.2) is 0 Å². The van der Waals surface area contributed by atoms with Crippen LogP contribution in [0.2, 0.25) is 5.02 Å². The number of hydrogen-bond acceptors (Lipinski definition) is 6. The molecule has 146 valence electrons. The number of benzene rings is 1. The minimum Gasteiger partial charge on any atom is -0.353 e. The molecule has 8 heteroatoms. The second kappa shape index (κ2) is 8.43. The molecule has 3 heterocycles. The molecular formula is C20H22ClN5OS. The molecule has 6 nitrogen and oxygen atoms in total. The van der Waals surface area contributed by atoms with Gasteiger partial charge in [0, 0.05) is 31.2 Å². The molecule has 2 aromatic heterocycles. The summed E-state index contributed by atoms with van der Waals surface area (Å²) in [5.41, 5.74) is 0.936. The molecule has 1 saturated heterocycles. The Bertz CT molecular complexity index is 970. The normalized spacial score (nSPS) is 16.3. The van der Waals surface area contributed by atoms with E-state index in [0.29, 0.717) is 11.6 Å². The SMILES string of the molecule is CC(NC(=O)CN1CCN(c2ncnc3sccc23)CC1)c1ccccc1Cl. The molecule has 1 aliphatic rings. The monoisotopic (exact) mass is 415 g/mol. The van der Waals surface area contributed by atoms with Crippen molar-refractivity contribution < 1.29 is 4.79 Å². The Morgan fingerprint density at radius 3 is 2.79 bits per heavy atom. The van der Waals surface area contributed by atoms with Gasteiger partial charge in [-0.1, -0.05) is 29.8 Å². The van der Waals surface area contributed by atoms with Crippen LogP contribution in [0.3, 0.4) is 0 Å². The predicted octanol–water partition coefficient (Wildman–Crippen LogP) is 3.34. The highest BCUT2D eigenvalue weighted by Crippen LogP contribution is 2.27. The molecule has 0 radical (unpaired) electrons. The van der Waals surface area contributed by atoms with Crippen LogP contribution in [0.5, 0.6) is 0 Å². The highest BCUT2D eigenvalue weighted by molar-refractivity contribution is 7.16. The molecule has 1 fully saturated rings. The van der Waals surface area contributed by atoms with E-state index in [1.54, 1.807) is 17.7 Å². The molecule has 3 aromatic rings. The van der Waals surface area contributed by atoms with Crippen LogP contribution >= 0.6 is 22.9 Å². The average molecular weight is 416 g/mol. The van der Waals surface area contributed by atoms with Crippen LogP contribution in [0.4, 0.5) is 5.82 Å². The van der Waals surface area contributed by atoms with E-state index in [2.05, 4.69) is 31.2 Å². The van der Waals surface area contributed by atoms with E-state index in [9.17, 15) is 4.79 Å². The number of thiophene rings is 1. The third-order valence-corrected chi connectivity index (χ3v) is 6.19. The second-order valence-electron chi connectivity index (χ2n) is 6.91. The fourth-order valence-electron chi connectivity index (χ4n) is 3.54. The van der Waals surface area contributed by atoms with E-state index < -0.39 is 0 Å². The summed E-state index contributed by atoms with van der Waals surface area (Å²) in [6.07, 6.45) is 1.63. The minimum absolute atomic E-state index is 0.0168. The molecule has 0 aliphatic carbocycles. The number of halogens is 1. The van der Waals surface area contributed by atoms with Gasteiger partial charge < -0.3 is 10.2 Å². The molecule has 4 rings (SSSR count). The Morgan fingerprint density at radius 1 is 1.21 bits per heavy atom. The summed E-state index contributed by atoms with van der Waals surface area (Å²) in [7, 11) is 0. The smallest absolute Gasteiger partial charge is 0.234 e. The Labute approximate surface area is 173 Å². The van der Waals surface area contributed by atoms with Crippen molar-refractivity contribution in [2.75, 3.05) is 37.6 Å². The number of piperazine rings is 1. The molecule has 1 N–H and O–H groups in total. The van der Waals surface area contributed by atoms with Crippen molar-refractivity contribution in [3.63, 3.8) is 0 Å². The molecule has 28 heavy (non-hydrogen) atoms. The summed E-state index contributed by atoms with van der Waals surface area (Å²) in [5.74, 6) is 1.01. The van der Waals surface area contributed by atoms with E-state index in [0.717, 1.165) is 47.8 Å². The summed E-state index contributed by atoms with van der Waals surface area (Å²) in [6, 6.07) is 9.57. The molecule has 1 unspecified atom stereocenters. The van der Waals surface area contributed by atoms with Crippen molar-refractivity contribution in [1.82, 2.24) is 20.2 Å². The zero-order valence-corrected chi connectivity index (χ0v) is 17.2. The molecule has 0 spiro atoms. The number of anilines is 1. The Balaban J connectivity index is 1.31. The number of nitrogens with one attached hydrogen (secondary N) is 1. The van der Waals surface area contributed by atoms with Gasteiger partial charge in [0.1, 0.15) is 17.0 Å². The van der Waals surface area contributed by atoms with Crippen LogP contribution in [0.15, 0.2) is 42.0 Å². The highest BCUT2D eigenvalue weighted by Gasteiger charge is 2.22. The van der Waals surface area contributed by atoms with Gasteiger partial charge in [-0.3, -0.25) is 9.69 Å². The molecule has 1 amide bonds. The Kier molecular flexibility index (Phi) is 5.75. The first kappa shape index (κ1) is 19.1. The number of hydrogen-bond donors (Lipinski definition) is 1. The molecular weight excluding hydrogens is 394 g/mol. The average Bonchev–Trinajstić information content (AvgIpc) is 3.18. The van der Waals surface area contributed by atoms with Crippen LogP contribution in [0.25, 0.3) is 10.2 Å². The van der Waals surface area contributed by atoms with Gasteiger partial charge in [0.2, 0.25) is 5.91 Å². The molecule has 0 saturated carbocycles. The number of carbonyl (C=O) groups is 1. The summed E-state index contributed by atoms with van der Waals surface area (Å²) < 4.78 is 0. The van der Waals surface area contributed by atoms with Crippen LogP contribution < -0.4 is 10.2 Å². The van der Waals surface area contributed by atoms with Gasteiger partial charge >= 0.3 is 0 Å². The lowest BCUT2D eigenvalue weighted by Crippen LogP contribution is -2.50. The summed E-state index contributed by atoms with van der Waals surface area (Å²) >= 11 is 7.85. The van der Waals surface area contributed by atoms with Gasteiger partial charge in [-0.15, -0.1) is 11.3 Å². The third-order valence-electron chi connectivity index (χ3n) is 5.03. The standard InChI is InChI=1S/C20H22ClN5OS/c1-14(15-4-2-3-5-17(15)21)24-18(27)12-25-7-9-26(10-8-25)19-16-6-11-28-20(16)23-13-22-19/h2-6,11,13-14H,7-10,12H2,1H3,(H,24,27). The lowest BCUT2D eigenvalue weighted by Gasteiger charge is -2.35. The highest BCUT2D eigenvalue weighted by atomic mass is 35.5. The van der Waals surface area contributed by atoms with E-state index in [1.807, 2.05) is 36.6 Å². The maximum Gasteiger partial charge on any atom is 0.234 e. The quantitative estimate of drug-likeness (QED) is 0.692. The lowest BCUT2D eigenvalue weighted by atomic mass is 10.1. The fraction of sp³-hybridized carbons (Fsp3) is 0.350. The topological polar surface area (TPSA) is 61.4 Å². The van der Waals surface area contributed by atoms with E-state index in [4.69, 9.17) is 11.6 Å². The van der Waals surface area contributed by atoms with Crippen molar-refractivity contribution in [3.8, 4) is 0 Å². The zero-order chi connectivity index (χ0) is 19.5. The van der Waals surface area contributed by atoms with Gasteiger partial charge in [0.25, 0.3) is 0 Å².